The van der Waals surface area contributed by atoms with E-state index in [-0.39, 0.29) is 48.6 Å². The molecular weight excluding hydrogens is 515 g/mol. The number of nitrogens with zero attached hydrogens (tertiary/aromatic N) is 4. The lowest BCUT2D eigenvalue weighted by Gasteiger charge is -2.38. The molecule has 1 fully saturated rings. The Bertz CT molecular complexity index is 1000. The maximum atomic E-state index is 13.4. The Hall–Kier alpha value is -2.37. The normalized spacial score (nSPS) is 19.9. The standard InChI is InChI=1S/C29H43N4O5P/c1-7-23-16-17-27(38-39(37-20-18-30-6)33(21(2)3)22(4)5)32(23)26(34)15-9-8-12-19-31-28(35)24-13-10-11-14-25(24)29(31)36/h10-11,13-14,21-23,27H,7-9,12,15-20H2,1-5H3/t23-,27-,39?/m1/s1. The Morgan fingerprint density at radius 1 is 1.08 bits per heavy atom. The molecule has 2 aliphatic rings. The van der Waals surface area contributed by atoms with E-state index in [4.69, 9.17) is 15.6 Å². The summed E-state index contributed by atoms with van der Waals surface area (Å²) in [5.74, 6) is -0.398. The highest BCUT2D eigenvalue weighted by Crippen LogP contribution is 2.49. The Morgan fingerprint density at radius 2 is 1.72 bits per heavy atom. The molecule has 9 nitrogen and oxygen atoms in total. The van der Waals surface area contributed by atoms with Gasteiger partial charge in [-0.3, -0.25) is 23.8 Å². The van der Waals surface area contributed by atoms with Crippen LogP contribution in [0.25, 0.3) is 4.85 Å². The summed E-state index contributed by atoms with van der Waals surface area (Å²) in [6.07, 6.45) is 4.65. The number of hydrogen-bond donors (Lipinski definition) is 0. The van der Waals surface area contributed by atoms with Gasteiger partial charge in [0, 0.05) is 31.1 Å². The molecule has 0 spiro atoms. The van der Waals surface area contributed by atoms with Crippen molar-refractivity contribution in [1.29, 1.82) is 0 Å². The molecule has 1 aromatic carbocycles. The second kappa shape index (κ2) is 14.9. The van der Waals surface area contributed by atoms with Crippen molar-refractivity contribution in [2.75, 3.05) is 19.7 Å². The monoisotopic (exact) mass is 558 g/mol. The molecule has 0 aromatic heterocycles. The number of unbranched alkanes of at least 4 members (excludes halogenated alkanes) is 2. The summed E-state index contributed by atoms with van der Waals surface area (Å²) >= 11 is 0. The lowest BCUT2D eigenvalue weighted by atomic mass is 10.1. The van der Waals surface area contributed by atoms with Gasteiger partial charge in [0.25, 0.3) is 20.3 Å². The smallest absolute Gasteiger partial charge is 0.261 e. The van der Waals surface area contributed by atoms with Crippen LogP contribution in [0.5, 0.6) is 0 Å². The molecule has 214 valence electrons. The number of fused-ring (bicyclic) bond motifs is 1. The van der Waals surface area contributed by atoms with E-state index < -0.39 is 8.53 Å². The van der Waals surface area contributed by atoms with Crippen LogP contribution >= 0.6 is 8.53 Å². The molecule has 10 heteroatoms. The number of imide groups is 1. The molecule has 1 saturated heterocycles. The third kappa shape index (κ3) is 7.64. The molecule has 0 aliphatic carbocycles. The summed E-state index contributed by atoms with van der Waals surface area (Å²) in [5, 5.41) is 0. The third-order valence-corrected chi connectivity index (χ3v) is 9.35. The van der Waals surface area contributed by atoms with Crippen molar-refractivity contribution in [2.24, 2.45) is 0 Å². The van der Waals surface area contributed by atoms with Crippen LogP contribution in [0.15, 0.2) is 24.3 Å². The van der Waals surface area contributed by atoms with Crippen LogP contribution in [0.1, 0.15) is 100 Å². The average Bonchev–Trinajstić information content (AvgIpc) is 3.42. The quantitative estimate of drug-likeness (QED) is 0.116. The first-order valence-corrected chi connectivity index (χ1v) is 15.3. The Morgan fingerprint density at radius 3 is 2.28 bits per heavy atom. The predicted octanol–water partition coefficient (Wildman–Crippen LogP) is 5.87. The SMILES string of the molecule is [C-]#[N+]CCOP(O[C@@H]1CC[C@@H](CC)N1C(=O)CCCCCN1C(=O)c2ccccc2C1=O)N(C(C)C)C(C)C. The van der Waals surface area contributed by atoms with Gasteiger partial charge in [-0.1, -0.05) is 25.5 Å². The van der Waals surface area contributed by atoms with E-state index in [0.717, 1.165) is 25.7 Å². The molecule has 0 radical (unpaired) electrons. The van der Waals surface area contributed by atoms with Crippen molar-refractivity contribution in [2.45, 2.75) is 104 Å². The Kier molecular flexibility index (Phi) is 11.9. The lowest BCUT2D eigenvalue weighted by molar-refractivity contribution is -0.140. The number of amides is 3. The molecule has 2 aliphatic heterocycles. The molecule has 0 N–H and O–H groups in total. The second-order valence-corrected chi connectivity index (χ2v) is 12.0. The number of carbonyl (C=O) groups is 3. The van der Waals surface area contributed by atoms with Gasteiger partial charge in [-0.2, -0.15) is 0 Å². The molecule has 2 heterocycles. The van der Waals surface area contributed by atoms with E-state index >= 15 is 0 Å². The molecule has 1 aromatic rings. The van der Waals surface area contributed by atoms with Crippen LogP contribution in [0.4, 0.5) is 0 Å². The van der Waals surface area contributed by atoms with E-state index in [1.165, 1.54) is 4.90 Å². The Labute approximate surface area is 234 Å². The predicted molar refractivity (Wildman–Crippen MR) is 152 cm³/mol. The first-order chi connectivity index (χ1) is 18.7. The molecule has 3 amide bonds. The summed E-state index contributed by atoms with van der Waals surface area (Å²) < 4.78 is 14.8. The molecule has 39 heavy (non-hydrogen) atoms. The van der Waals surface area contributed by atoms with E-state index in [0.29, 0.717) is 43.5 Å². The van der Waals surface area contributed by atoms with Gasteiger partial charge < -0.3 is 14.3 Å². The average molecular weight is 559 g/mol. The fourth-order valence-electron chi connectivity index (χ4n) is 5.40. The summed E-state index contributed by atoms with van der Waals surface area (Å²) in [5.41, 5.74) is 0.935. The third-order valence-electron chi connectivity index (χ3n) is 7.22. The van der Waals surface area contributed by atoms with Crippen LogP contribution < -0.4 is 0 Å². The van der Waals surface area contributed by atoms with Crippen LogP contribution in [0, 0.1) is 6.57 Å². The summed E-state index contributed by atoms with van der Waals surface area (Å²) in [6, 6.07) is 7.44. The van der Waals surface area contributed by atoms with E-state index in [1.54, 1.807) is 24.3 Å². The summed E-state index contributed by atoms with van der Waals surface area (Å²) in [7, 11) is -1.43. The number of likely N-dealkylation sites (tertiary alicyclic amines) is 1. The first-order valence-electron chi connectivity index (χ1n) is 14.2. The van der Waals surface area contributed by atoms with E-state index in [1.807, 2.05) is 4.90 Å². The van der Waals surface area contributed by atoms with Gasteiger partial charge in [0.2, 0.25) is 12.5 Å². The van der Waals surface area contributed by atoms with E-state index in [2.05, 4.69) is 44.1 Å². The van der Waals surface area contributed by atoms with Crippen molar-refractivity contribution in [3.63, 3.8) is 0 Å². The minimum Gasteiger partial charge on any atom is -0.314 e. The number of benzene rings is 1. The zero-order chi connectivity index (χ0) is 28.5. The number of carbonyl (C=O) groups excluding carboxylic acids is 3. The van der Waals surface area contributed by atoms with Gasteiger partial charge >= 0.3 is 0 Å². The van der Waals surface area contributed by atoms with Crippen molar-refractivity contribution in [3.8, 4) is 0 Å². The zero-order valence-electron chi connectivity index (χ0n) is 24.0. The summed E-state index contributed by atoms with van der Waals surface area (Å²) in [6.45, 7) is 18.5. The van der Waals surface area contributed by atoms with Crippen LogP contribution in [0.2, 0.25) is 0 Å². The summed E-state index contributed by atoms with van der Waals surface area (Å²) in [4.78, 5) is 45.2. The van der Waals surface area contributed by atoms with Crippen LogP contribution in [0.3, 0.4) is 0 Å². The fraction of sp³-hybridized carbons (Fsp3) is 0.655. The topological polar surface area (TPSA) is 83.8 Å². The highest BCUT2D eigenvalue weighted by molar-refractivity contribution is 7.44. The minimum absolute atomic E-state index is 0.0711. The van der Waals surface area contributed by atoms with Crippen molar-refractivity contribution in [3.05, 3.63) is 46.8 Å². The molecule has 0 saturated carbocycles. The first kappa shape index (κ1) is 31.2. The zero-order valence-corrected chi connectivity index (χ0v) is 24.9. The minimum atomic E-state index is -1.43. The number of hydrogen-bond acceptors (Lipinski definition) is 6. The van der Waals surface area contributed by atoms with Gasteiger partial charge in [0.05, 0.1) is 11.1 Å². The second-order valence-electron chi connectivity index (χ2n) is 10.6. The van der Waals surface area contributed by atoms with Gasteiger partial charge in [-0.25, -0.2) is 11.2 Å². The lowest BCUT2D eigenvalue weighted by Crippen LogP contribution is -2.43. The molecule has 3 rings (SSSR count). The molecular formula is C29H43N4O5P. The van der Waals surface area contributed by atoms with Crippen LogP contribution in [-0.4, -0.2) is 76.2 Å². The van der Waals surface area contributed by atoms with Crippen molar-refractivity contribution < 1.29 is 23.4 Å². The molecule has 1 unspecified atom stereocenters. The van der Waals surface area contributed by atoms with Gasteiger partial charge in [-0.15, -0.1) is 0 Å². The van der Waals surface area contributed by atoms with Crippen molar-refractivity contribution >= 4 is 26.2 Å². The highest BCUT2D eigenvalue weighted by atomic mass is 31.2. The van der Waals surface area contributed by atoms with Gasteiger partial charge in [0.15, 0.2) is 0 Å². The largest absolute Gasteiger partial charge is 0.314 e. The molecule has 3 atom stereocenters. The van der Waals surface area contributed by atoms with Gasteiger partial charge in [0.1, 0.15) is 12.8 Å². The van der Waals surface area contributed by atoms with Crippen LogP contribution in [-0.2, 0) is 13.8 Å². The fourth-order valence-corrected chi connectivity index (χ4v) is 7.11. The van der Waals surface area contributed by atoms with Crippen molar-refractivity contribution in [1.82, 2.24) is 14.5 Å². The van der Waals surface area contributed by atoms with Gasteiger partial charge in [-0.05, 0) is 71.9 Å². The number of rotatable bonds is 15. The Balaban J connectivity index is 1.55. The maximum absolute atomic E-state index is 13.4. The maximum Gasteiger partial charge on any atom is 0.261 e. The molecule has 0 bridgehead atoms. The highest BCUT2D eigenvalue weighted by Gasteiger charge is 2.40. The van der Waals surface area contributed by atoms with E-state index in [9.17, 15) is 14.4 Å².